The second kappa shape index (κ2) is 6.55. The molecule has 0 saturated heterocycles. The summed E-state index contributed by atoms with van der Waals surface area (Å²) >= 11 is 1.78. The topological polar surface area (TPSA) is 49.3 Å². The van der Waals surface area contributed by atoms with Crippen LogP contribution in [0.25, 0.3) is 0 Å². The van der Waals surface area contributed by atoms with Crippen LogP contribution in [-0.4, -0.2) is 28.6 Å². The van der Waals surface area contributed by atoms with E-state index in [4.69, 9.17) is 0 Å². The van der Waals surface area contributed by atoms with Gasteiger partial charge in [0.1, 0.15) is 5.75 Å². The van der Waals surface area contributed by atoms with Crippen LogP contribution in [0.5, 0.6) is 5.75 Å². The molecular formula is C13H19NO2S. The zero-order chi connectivity index (χ0) is 12.8. The average Bonchev–Trinajstić information content (AvgIpc) is 2.26. The van der Waals surface area contributed by atoms with E-state index in [9.17, 15) is 9.90 Å². The van der Waals surface area contributed by atoms with Crippen molar-refractivity contribution in [3.05, 3.63) is 29.3 Å². The molecule has 1 amide bonds. The molecule has 3 nitrogen and oxygen atoms in total. The maximum Gasteiger partial charge on any atom is 0.255 e. The van der Waals surface area contributed by atoms with E-state index in [0.717, 1.165) is 17.1 Å². The number of amides is 1. The van der Waals surface area contributed by atoms with E-state index in [1.54, 1.807) is 23.9 Å². The van der Waals surface area contributed by atoms with Gasteiger partial charge in [0, 0.05) is 11.8 Å². The molecule has 1 unspecified atom stereocenters. The summed E-state index contributed by atoms with van der Waals surface area (Å²) in [6.07, 6.45) is 0. The Morgan fingerprint density at radius 1 is 1.53 bits per heavy atom. The second-order valence-electron chi connectivity index (χ2n) is 4.05. The van der Waals surface area contributed by atoms with Crippen LogP contribution in [0.15, 0.2) is 18.2 Å². The monoisotopic (exact) mass is 253 g/mol. The van der Waals surface area contributed by atoms with Crippen LogP contribution < -0.4 is 5.32 Å². The van der Waals surface area contributed by atoms with E-state index in [1.807, 2.05) is 19.9 Å². The summed E-state index contributed by atoms with van der Waals surface area (Å²) in [7, 11) is 0. The Bertz CT molecular complexity index is 393. The van der Waals surface area contributed by atoms with Crippen molar-refractivity contribution in [2.75, 3.05) is 11.5 Å². The summed E-state index contributed by atoms with van der Waals surface area (Å²) in [5.41, 5.74) is 1.28. The van der Waals surface area contributed by atoms with Crippen molar-refractivity contribution in [1.29, 1.82) is 0 Å². The van der Waals surface area contributed by atoms with Crippen molar-refractivity contribution in [2.45, 2.75) is 26.8 Å². The molecule has 0 aliphatic carbocycles. The molecule has 0 spiro atoms. The second-order valence-corrected chi connectivity index (χ2v) is 5.37. The molecule has 1 aromatic rings. The quantitative estimate of drug-likeness (QED) is 0.848. The third-order valence-electron chi connectivity index (χ3n) is 2.35. The first kappa shape index (κ1) is 13.9. The molecule has 0 radical (unpaired) electrons. The number of carbonyl (C=O) groups is 1. The number of hydrogen-bond donors (Lipinski definition) is 2. The smallest absolute Gasteiger partial charge is 0.255 e. The van der Waals surface area contributed by atoms with E-state index < -0.39 is 0 Å². The number of benzene rings is 1. The number of aromatic hydroxyl groups is 1. The summed E-state index contributed by atoms with van der Waals surface area (Å²) in [5.74, 6) is 1.75. The number of hydrogen-bond acceptors (Lipinski definition) is 3. The Morgan fingerprint density at radius 3 is 2.82 bits per heavy atom. The third-order valence-corrected chi connectivity index (χ3v) is 3.49. The van der Waals surface area contributed by atoms with Gasteiger partial charge in [0.05, 0.1) is 5.56 Å². The van der Waals surface area contributed by atoms with Crippen molar-refractivity contribution in [3.63, 3.8) is 0 Å². The fourth-order valence-electron chi connectivity index (χ4n) is 1.47. The third kappa shape index (κ3) is 4.30. The van der Waals surface area contributed by atoms with Crippen LogP contribution >= 0.6 is 11.8 Å². The molecule has 0 aliphatic rings. The fraction of sp³-hybridized carbons (Fsp3) is 0.462. The summed E-state index contributed by atoms with van der Waals surface area (Å²) < 4.78 is 0. The molecule has 2 N–H and O–H groups in total. The molecule has 4 heteroatoms. The Morgan fingerprint density at radius 2 is 2.24 bits per heavy atom. The van der Waals surface area contributed by atoms with Gasteiger partial charge >= 0.3 is 0 Å². The van der Waals surface area contributed by atoms with Crippen LogP contribution in [0.1, 0.15) is 29.8 Å². The molecule has 0 bridgehead atoms. The van der Waals surface area contributed by atoms with Crippen LogP contribution in [0.2, 0.25) is 0 Å². The van der Waals surface area contributed by atoms with Crippen molar-refractivity contribution in [3.8, 4) is 5.75 Å². The highest BCUT2D eigenvalue weighted by atomic mass is 32.2. The average molecular weight is 253 g/mol. The molecule has 0 aliphatic heterocycles. The molecule has 1 aromatic carbocycles. The minimum absolute atomic E-state index is 0.0397. The first-order valence-corrected chi connectivity index (χ1v) is 6.88. The van der Waals surface area contributed by atoms with Gasteiger partial charge in [-0.3, -0.25) is 4.79 Å². The van der Waals surface area contributed by atoms with Gasteiger partial charge in [-0.05, 0) is 37.3 Å². The van der Waals surface area contributed by atoms with E-state index in [2.05, 4.69) is 12.2 Å². The Hall–Kier alpha value is -1.16. The first-order chi connectivity index (χ1) is 8.04. The maximum absolute atomic E-state index is 11.9. The van der Waals surface area contributed by atoms with Gasteiger partial charge in [-0.15, -0.1) is 0 Å². The number of carbonyl (C=O) groups excluding carboxylic acids is 1. The first-order valence-electron chi connectivity index (χ1n) is 5.72. The highest BCUT2D eigenvalue weighted by Gasteiger charge is 2.13. The fourth-order valence-corrected chi connectivity index (χ4v) is 2.14. The highest BCUT2D eigenvalue weighted by Crippen LogP contribution is 2.18. The summed E-state index contributed by atoms with van der Waals surface area (Å²) in [6.45, 7) is 5.93. The van der Waals surface area contributed by atoms with Crippen LogP contribution in [-0.2, 0) is 0 Å². The lowest BCUT2D eigenvalue weighted by Gasteiger charge is -2.13. The minimum Gasteiger partial charge on any atom is -0.507 e. The number of nitrogens with one attached hydrogen (secondary N) is 1. The Kier molecular flexibility index (Phi) is 5.35. The number of phenolic OH excluding ortho intramolecular Hbond substituents is 1. The Labute approximate surface area is 107 Å². The molecule has 0 aromatic heterocycles. The lowest BCUT2D eigenvalue weighted by Crippen LogP contribution is -2.34. The van der Waals surface area contributed by atoms with Gasteiger partial charge in [-0.25, -0.2) is 0 Å². The summed E-state index contributed by atoms with van der Waals surface area (Å²) in [6, 6.07) is 5.17. The molecule has 1 atom stereocenters. The van der Waals surface area contributed by atoms with Crippen molar-refractivity contribution < 1.29 is 9.90 Å². The lowest BCUT2D eigenvalue weighted by molar-refractivity contribution is 0.0941. The van der Waals surface area contributed by atoms with Crippen molar-refractivity contribution in [1.82, 2.24) is 5.32 Å². The number of aryl methyl sites for hydroxylation is 1. The normalized spacial score (nSPS) is 12.2. The predicted octanol–water partition coefficient (Wildman–Crippen LogP) is 2.57. The van der Waals surface area contributed by atoms with E-state index >= 15 is 0 Å². The minimum atomic E-state index is -0.216. The largest absolute Gasteiger partial charge is 0.507 e. The zero-order valence-electron chi connectivity index (χ0n) is 10.5. The molecule has 0 fully saturated rings. The van der Waals surface area contributed by atoms with E-state index in [1.165, 1.54) is 0 Å². The van der Waals surface area contributed by atoms with Gasteiger partial charge in [0.25, 0.3) is 5.91 Å². The standard InChI is InChI=1S/C13H19NO2S/c1-4-17-8-10(3)14-13(16)11-6-5-9(2)7-12(11)15/h5-7,10,15H,4,8H2,1-3H3,(H,14,16). The summed E-state index contributed by atoms with van der Waals surface area (Å²) in [5, 5.41) is 12.6. The molecular weight excluding hydrogens is 234 g/mol. The van der Waals surface area contributed by atoms with Crippen LogP contribution in [0.3, 0.4) is 0 Å². The molecule has 0 saturated carbocycles. The SMILES string of the molecule is CCSCC(C)NC(=O)c1ccc(C)cc1O. The predicted molar refractivity (Wildman–Crippen MR) is 72.8 cm³/mol. The molecule has 17 heavy (non-hydrogen) atoms. The van der Waals surface area contributed by atoms with Crippen LogP contribution in [0.4, 0.5) is 0 Å². The van der Waals surface area contributed by atoms with Gasteiger partial charge in [0.15, 0.2) is 0 Å². The molecule has 94 valence electrons. The molecule has 0 heterocycles. The lowest BCUT2D eigenvalue weighted by atomic mass is 10.1. The van der Waals surface area contributed by atoms with Gasteiger partial charge in [-0.1, -0.05) is 13.0 Å². The maximum atomic E-state index is 11.9. The number of rotatable bonds is 5. The van der Waals surface area contributed by atoms with Crippen molar-refractivity contribution >= 4 is 17.7 Å². The van der Waals surface area contributed by atoms with Gasteiger partial charge < -0.3 is 10.4 Å². The highest BCUT2D eigenvalue weighted by molar-refractivity contribution is 7.99. The summed E-state index contributed by atoms with van der Waals surface area (Å²) in [4.78, 5) is 11.9. The van der Waals surface area contributed by atoms with Crippen LogP contribution in [0, 0.1) is 6.92 Å². The van der Waals surface area contributed by atoms with E-state index in [-0.39, 0.29) is 17.7 Å². The number of thioether (sulfide) groups is 1. The Balaban J connectivity index is 2.63. The van der Waals surface area contributed by atoms with E-state index in [0.29, 0.717) is 5.56 Å². The van der Waals surface area contributed by atoms with Gasteiger partial charge in [-0.2, -0.15) is 11.8 Å². The number of phenols is 1. The van der Waals surface area contributed by atoms with Crippen molar-refractivity contribution in [2.24, 2.45) is 0 Å². The van der Waals surface area contributed by atoms with Gasteiger partial charge in [0.2, 0.25) is 0 Å². The zero-order valence-corrected chi connectivity index (χ0v) is 11.3. The molecule has 1 rings (SSSR count).